The van der Waals surface area contributed by atoms with Gasteiger partial charge in [-0.1, -0.05) is 17.2 Å². The lowest BCUT2D eigenvalue weighted by Gasteiger charge is -2.06. The maximum Gasteiger partial charge on any atom is 0.322 e. The van der Waals surface area contributed by atoms with Crippen LogP contribution in [0.5, 0.6) is 5.75 Å². The number of nitrogens with one attached hydrogen (secondary N) is 1. The number of hydrogen-bond acceptors (Lipinski definition) is 9. The van der Waals surface area contributed by atoms with Gasteiger partial charge in [0.05, 0.1) is 33.6 Å². The maximum atomic E-state index is 12.4. The number of nitro benzene ring substituents is 2. The van der Waals surface area contributed by atoms with Crippen molar-refractivity contribution in [3.05, 3.63) is 68.3 Å². The molecule has 0 saturated heterocycles. The first kappa shape index (κ1) is 19.4. The monoisotopic (exact) mass is 399 g/mol. The van der Waals surface area contributed by atoms with Gasteiger partial charge in [0.2, 0.25) is 0 Å². The molecular weight excluding hydrogens is 386 g/mol. The highest BCUT2D eigenvalue weighted by atomic mass is 16.6. The molecule has 12 nitrogen and oxygen atoms in total. The molecule has 12 heteroatoms. The fraction of sp³-hybridized carbons (Fsp3) is 0.118. The second-order valence-corrected chi connectivity index (χ2v) is 5.55. The smallest absolute Gasteiger partial charge is 0.322 e. The first-order chi connectivity index (χ1) is 13.9. The van der Waals surface area contributed by atoms with Gasteiger partial charge >= 0.3 is 6.01 Å². The summed E-state index contributed by atoms with van der Waals surface area (Å²) in [6.45, 7) is 2.23. The van der Waals surface area contributed by atoms with E-state index in [1.165, 1.54) is 0 Å². The first-order valence-corrected chi connectivity index (χ1v) is 8.20. The Morgan fingerprint density at radius 1 is 1.10 bits per heavy atom. The number of anilines is 1. The van der Waals surface area contributed by atoms with Crippen LogP contribution in [0.4, 0.5) is 17.4 Å². The number of nitrogens with zero attached hydrogens (tertiary/aromatic N) is 4. The van der Waals surface area contributed by atoms with E-state index in [0.29, 0.717) is 17.9 Å². The van der Waals surface area contributed by atoms with E-state index in [0.717, 1.165) is 18.2 Å². The molecule has 0 unspecified atom stereocenters. The molecule has 1 N–H and O–H groups in total. The molecule has 3 aromatic rings. The van der Waals surface area contributed by atoms with E-state index in [1.54, 1.807) is 24.3 Å². The van der Waals surface area contributed by atoms with Crippen molar-refractivity contribution in [3.8, 4) is 17.2 Å². The van der Waals surface area contributed by atoms with Gasteiger partial charge < -0.3 is 9.15 Å². The summed E-state index contributed by atoms with van der Waals surface area (Å²) in [5.74, 6) is -0.301. The predicted octanol–water partition coefficient (Wildman–Crippen LogP) is 3.20. The van der Waals surface area contributed by atoms with Crippen LogP contribution in [0.2, 0.25) is 0 Å². The number of benzene rings is 2. The zero-order valence-corrected chi connectivity index (χ0v) is 14.9. The second-order valence-electron chi connectivity index (χ2n) is 5.55. The zero-order valence-electron chi connectivity index (χ0n) is 14.9. The minimum absolute atomic E-state index is 0.0781. The molecule has 0 aliphatic rings. The molecule has 148 valence electrons. The molecule has 2 aromatic carbocycles. The molecule has 3 rings (SSSR count). The van der Waals surface area contributed by atoms with Crippen LogP contribution in [-0.4, -0.2) is 32.6 Å². The molecule has 0 saturated carbocycles. The first-order valence-electron chi connectivity index (χ1n) is 8.20. The fourth-order valence-electron chi connectivity index (χ4n) is 2.41. The van der Waals surface area contributed by atoms with Crippen LogP contribution < -0.4 is 10.1 Å². The van der Waals surface area contributed by atoms with E-state index >= 15 is 0 Å². The standard InChI is InChI=1S/C17H13N5O7/c1-2-28-14-6-4-3-5-13(14)16-19-20-17(29-16)18-15(23)10-7-11(21(24)25)9-12(8-10)22(26)27/h3-9H,2H2,1H3,(H,18,20,23). The summed E-state index contributed by atoms with van der Waals surface area (Å²) in [5.41, 5.74) is -0.990. The summed E-state index contributed by atoms with van der Waals surface area (Å²) in [5, 5.41) is 31.7. The number of rotatable bonds is 7. The molecule has 1 heterocycles. The van der Waals surface area contributed by atoms with E-state index < -0.39 is 27.1 Å². The summed E-state index contributed by atoms with van der Waals surface area (Å²) in [7, 11) is 0. The normalized spacial score (nSPS) is 10.4. The van der Waals surface area contributed by atoms with Gasteiger partial charge in [-0.05, 0) is 19.1 Å². The zero-order chi connectivity index (χ0) is 21.0. The van der Waals surface area contributed by atoms with Gasteiger partial charge in [0.15, 0.2) is 0 Å². The van der Waals surface area contributed by atoms with E-state index in [1.807, 2.05) is 6.92 Å². The van der Waals surface area contributed by atoms with E-state index in [9.17, 15) is 25.0 Å². The van der Waals surface area contributed by atoms with Gasteiger partial charge in [0, 0.05) is 12.1 Å². The molecule has 0 fully saturated rings. The maximum absolute atomic E-state index is 12.4. The number of ether oxygens (including phenoxy) is 1. The van der Waals surface area contributed by atoms with Crippen molar-refractivity contribution in [1.82, 2.24) is 10.2 Å². The van der Waals surface area contributed by atoms with Crippen LogP contribution in [-0.2, 0) is 0 Å². The Bertz CT molecular complexity index is 1060. The Morgan fingerprint density at radius 3 is 2.38 bits per heavy atom. The van der Waals surface area contributed by atoms with Crippen molar-refractivity contribution >= 4 is 23.3 Å². The van der Waals surface area contributed by atoms with Crippen LogP contribution >= 0.6 is 0 Å². The lowest BCUT2D eigenvalue weighted by molar-refractivity contribution is -0.394. The molecule has 0 spiro atoms. The van der Waals surface area contributed by atoms with Crippen molar-refractivity contribution in [2.75, 3.05) is 11.9 Å². The number of carbonyl (C=O) groups is 1. The minimum Gasteiger partial charge on any atom is -0.493 e. The fourth-order valence-corrected chi connectivity index (χ4v) is 2.41. The summed E-state index contributed by atoms with van der Waals surface area (Å²) in [6, 6.07) is 9.19. The molecule has 0 aliphatic carbocycles. The van der Waals surface area contributed by atoms with Crippen molar-refractivity contribution in [2.45, 2.75) is 6.92 Å². The van der Waals surface area contributed by atoms with Gasteiger partial charge in [-0.3, -0.25) is 30.3 Å². The number of amides is 1. The van der Waals surface area contributed by atoms with E-state index in [2.05, 4.69) is 15.5 Å². The molecule has 1 aromatic heterocycles. The van der Waals surface area contributed by atoms with Crippen molar-refractivity contribution in [3.63, 3.8) is 0 Å². The van der Waals surface area contributed by atoms with Gasteiger partial charge in [0.1, 0.15) is 5.75 Å². The average Bonchev–Trinajstić information content (AvgIpc) is 3.16. The number of hydrogen-bond donors (Lipinski definition) is 1. The quantitative estimate of drug-likeness (QED) is 0.464. The Hall–Kier alpha value is -4.35. The Morgan fingerprint density at radius 2 is 1.76 bits per heavy atom. The SMILES string of the molecule is CCOc1ccccc1-c1nnc(NC(=O)c2cc([N+](=O)[O-])cc([N+](=O)[O-])c2)o1. The van der Waals surface area contributed by atoms with Gasteiger partial charge in [-0.15, -0.1) is 5.10 Å². The highest BCUT2D eigenvalue weighted by Crippen LogP contribution is 2.30. The molecule has 0 aliphatic heterocycles. The van der Waals surface area contributed by atoms with Crippen molar-refractivity contribution in [1.29, 1.82) is 0 Å². The molecule has 0 atom stereocenters. The summed E-state index contributed by atoms with van der Waals surface area (Å²) in [6.07, 6.45) is 0. The number of aromatic nitrogens is 2. The van der Waals surface area contributed by atoms with Gasteiger partial charge in [-0.25, -0.2) is 0 Å². The topological polar surface area (TPSA) is 164 Å². The highest BCUT2D eigenvalue weighted by molar-refractivity contribution is 6.04. The lowest BCUT2D eigenvalue weighted by atomic mass is 10.1. The summed E-state index contributed by atoms with van der Waals surface area (Å²) < 4.78 is 10.9. The van der Waals surface area contributed by atoms with Crippen LogP contribution in [0.1, 0.15) is 17.3 Å². The molecule has 29 heavy (non-hydrogen) atoms. The third-order valence-electron chi connectivity index (χ3n) is 3.65. The predicted molar refractivity (Wildman–Crippen MR) is 98.6 cm³/mol. The summed E-state index contributed by atoms with van der Waals surface area (Å²) >= 11 is 0. The Labute approximate surface area is 162 Å². The number of non-ortho nitro benzene ring substituents is 2. The van der Waals surface area contributed by atoms with Crippen molar-refractivity contribution in [2.24, 2.45) is 0 Å². The minimum atomic E-state index is -0.884. The lowest BCUT2D eigenvalue weighted by Crippen LogP contribution is -2.13. The van der Waals surface area contributed by atoms with Gasteiger partial charge in [0.25, 0.3) is 23.2 Å². The van der Waals surface area contributed by atoms with E-state index in [-0.39, 0.29) is 17.5 Å². The third kappa shape index (κ3) is 4.32. The number of para-hydroxylation sites is 1. The van der Waals surface area contributed by atoms with Crippen molar-refractivity contribution < 1.29 is 23.8 Å². The van der Waals surface area contributed by atoms with Gasteiger partial charge in [-0.2, -0.15) is 0 Å². The molecular formula is C17H13N5O7. The van der Waals surface area contributed by atoms with Crippen LogP contribution in [0.15, 0.2) is 46.9 Å². The molecule has 1 amide bonds. The van der Waals surface area contributed by atoms with Crippen LogP contribution in [0, 0.1) is 20.2 Å². The summed E-state index contributed by atoms with van der Waals surface area (Å²) in [4.78, 5) is 32.6. The number of carbonyl (C=O) groups excluding carboxylic acids is 1. The number of nitro groups is 2. The average molecular weight is 399 g/mol. The Kier molecular flexibility index (Phi) is 5.44. The third-order valence-corrected chi connectivity index (χ3v) is 3.65. The molecule has 0 radical (unpaired) electrons. The highest BCUT2D eigenvalue weighted by Gasteiger charge is 2.21. The van der Waals surface area contributed by atoms with Crippen LogP contribution in [0.25, 0.3) is 11.5 Å². The second kappa shape index (κ2) is 8.12. The van der Waals surface area contributed by atoms with E-state index in [4.69, 9.17) is 9.15 Å². The molecule has 0 bridgehead atoms. The largest absolute Gasteiger partial charge is 0.493 e. The van der Waals surface area contributed by atoms with Crippen LogP contribution in [0.3, 0.4) is 0 Å². The Balaban J connectivity index is 1.86.